The topological polar surface area (TPSA) is 77.3 Å². The number of hydrogen-bond acceptors (Lipinski definition) is 5. The molecule has 6 nitrogen and oxygen atoms in total. The summed E-state index contributed by atoms with van der Waals surface area (Å²) in [5.41, 5.74) is 1.25. The Morgan fingerprint density at radius 3 is 2.90 bits per heavy atom. The summed E-state index contributed by atoms with van der Waals surface area (Å²) in [6.07, 6.45) is 4.64. The molecule has 0 bridgehead atoms. The normalized spacial score (nSPS) is 19.9. The van der Waals surface area contributed by atoms with Crippen molar-refractivity contribution in [2.75, 3.05) is 32.1 Å². The summed E-state index contributed by atoms with van der Waals surface area (Å²) in [5.74, 6) is 0. The molecule has 0 radical (unpaired) electrons. The molecule has 20 heavy (non-hydrogen) atoms. The summed E-state index contributed by atoms with van der Waals surface area (Å²) in [7, 11) is -0.163. The Bertz CT molecular complexity index is 622. The van der Waals surface area contributed by atoms with E-state index >= 15 is 0 Å². The molecule has 1 aliphatic heterocycles. The molecule has 1 aliphatic rings. The van der Waals surface area contributed by atoms with Crippen molar-refractivity contribution in [3.05, 3.63) is 24.0 Å². The van der Waals surface area contributed by atoms with Gasteiger partial charge in [-0.05, 0) is 18.9 Å². The van der Waals surface area contributed by atoms with Gasteiger partial charge in [-0.3, -0.25) is 4.98 Å². The zero-order valence-corrected chi connectivity index (χ0v) is 12.5. The molecule has 1 atom stereocenters. The second kappa shape index (κ2) is 5.77. The van der Waals surface area contributed by atoms with Crippen LogP contribution in [0.2, 0.25) is 0 Å². The maximum Gasteiger partial charge on any atom is 0.218 e. The summed E-state index contributed by atoms with van der Waals surface area (Å²) in [4.78, 5) is 5.98. The molecule has 1 aromatic rings. The number of nitrogens with zero attached hydrogens (tertiary/aromatic N) is 4. The summed E-state index contributed by atoms with van der Waals surface area (Å²) in [6.45, 7) is 1.15. The minimum Gasteiger partial charge on any atom is -0.368 e. The number of piperidine rings is 1. The van der Waals surface area contributed by atoms with E-state index in [0.717, 1.165) is 13.0 Å². The van der Waals surface area contributed by atoms with Crippen LogP contribution >= 0.6 is 0 Å². The van der Waals surface area contributed by atoms with Gasteiger partial charge >= 0.3 is 0 Å². The molecule has 1 unspecified atom stereocenters. The van der Waals surface area contributed by atoms with Gasteiger partial charge in [0.2, 0.25) is 10.0 Å². The van der Waals surface area contributed by atoms with Crippen molar-refractivity contribution in [2.24, 2.45) is 0 Å². The van der Waals surface area contributed by atoms with Crippen molar-refractivity contribution < 1.29 is 8.42 Å². The number of sulfonamides is 1. The van der Waals surface area contributed by atoms with Crippen LogP contribution < -0.4 is 4.90 Å². The van der Waals surface area contributed by atoms with Gasteiger partial charge < -0.3 is 4.90 Å². The highest BCUT2D eigenvalue weighted by atomic mass is 32.2. The SMILES string of the molecule is CN(C)S(=O)(=O)C1CCCN(c2cnccc2C#N)C1. The van der Waals surface area contributed by atoms with Gasteiger partial charge in [0.25, 0.3) is 0 Å². The van der Waals surface area contributed by atoms with E-state index in [2.05, 4.69) is 11.1 Å². The van der Waals surface area contributed by atoms with Crippen LogP contribution in [0.25, 0.3) is 0 Å². The summed E-state index contributed by atoms with van der Waals surface area (Å²) in [5, 5.41) is 8.70. The summed E-state index contributed by atoms with van der Waals surface area (Å²) < 4.78 is 25.7. The molecule has 0 spiro atoms. The van der Waals surface area contributed by atoms with Crippen molar-refractivity contribution in [3.63, 3.8) is 0 Å². The Labute approximate surface area is 119 Å². The number of aromatic nitrogens is 1. The lowest BCUT2D eigenvalue weighted by Crippen LogP contribution is -2.46. The standard InChI is InChI=1S/C13H18N4O2S/c1-16(2)20(18,19)12-4-3-7-17(10-12)13-9-15-6-5-11(13)8-14/h5-6,9,12H,3-4,7,10H2,1-2H3. The maximum atomic E-state index is 12.2. The molecule has 2 rings (SSSR count). The van der Waals surface area contributed by atoms with Gasteiger partial charge in [0.05, 0.1) is 22.7 Å². The molecular formula is C13H18N4O2S. The first-order valence-corrected chi connectivity index (χ1v) is 7.97. The van der Waals surface area contributed by atoms with Crippen LogP contribution in [0, 0.1) is 11.3 Å². The molecule has 2 heterocycles. The van der Waals surface area contributed by atoms with Crippen LogP contribution in [-0.2, 0) is 10.0 Å². The van der Waals surface area contributed by atoms with Gasteiger partial charge in [-0.15, -0.1) is 0 Å². The molecule has 1 saturated heterocycles. The summed E-state index contributed by atoms with van der Waals surface area (Å²) in [6, 6.07) is 3.78. The number of hydrogen-bond donors (Lipinski definition) is 0. The zero-order valence-electron chi connectivity index (χ0n) is 11.7. The van der Waals surface area contributed by atoms with Gasteiger partial charge in [-0.2, -0.15) is 5.26 Å². The lowest BCUT2D eigenvalue weighted by atomic mass is 10.1. The Kier molecular flexibility index (Phi) is 4.26. The van der Waals surface area contributed by atoms with Crippen LogP contribution in [0.15, 0.2) is 18.5 Å². The van der Waals surface area contributed by atoms with Crippen molar-refractivity contribution in [3.8, 4) is 6.07 Å². The van der Waals surface area contributed by atoms with Crippen molar-refractivity contribution in [2.45, 2.75) is 18.1 Å². The molecule has 108 valence electrons. The zero-order chi connectivity index (χ0) is 14.8. The fourth-order valence-corrected chi connectivity index (χ4v) is 3.86. The second-order valence-corrected chi connectivity index (χ2v) is 7.47. The van der Waals surface area contributed by atoms with E-state index in [9.17, 15) is 8.42 Å². The quantitative estimate of drug-likeness (QED) is 0.824. The van der Waals surface area contributed by atoms with E-state index in [1.54, 1.807) is 32.6 Å². The van der Waals surface area contributed by atoms with E-state index < -0.39 is 15.3 Å². The third-order valence-electron chi connectivity index (χ3n) is 3.57. The summed E-state index contributed by atoms with van der Waals surface area (Å²) >= 11 is 0. The molecule has 0 aliphatic carbocycles. The van der Waals surface area contributed by atoms with E-state index in [0.29, 0.717) is 24.2 Å². The van der Waals surface area contributed by atoms with Gasteiger partial charge in [0, 0.05) is 33.4 Å². The lowest BCUT2D eigenvalue weighted by molar-refractivity contribution is 0.478. The molecule has 0 amide bonds. The minimum atomic E-state index is -3.27. The highest BCUT2D eigenvalue weighted by molar-refractivity contribution is 7.89. The number of rotatable bonds is 3. The monoisotopic (exact) mass is 294 g/mol. The first kappa shape index (κ1) is 14.8. The average molecular weight is 294 g/mol. The number of anilines is 1. The van der Waals surface area contributed by atoms with Crippen molar-refractivity contribution in [1.29, 1.82) is 5.26 Å². The van der Waals surface area contributed by atoms with Gasteiger partial charge in [-0.1, -0.05) is 0 Å². The molecule has 0 saturated carbocycles. The smallest absolute Gasteiger partial charge is 0.218 e. The van der Waals surface area contributed by atoms with Crippen LogP contribution in [-0.4, -0.2) is 50.1 Å². The Hall–Kier alpha value is -1.65. The largest absolute Gasteiger partial charge is 0.368 e. The van der Waals surface area contributed by atoms with Crippen LogP contribution in [0.1, 0.15) is 18.4 Å². The predicted molar refractivity (Wildman–Crippen MR) is 76.8 cm³/mol. The number of nitriles is 1. The Balaban J connectivity index is 2.26. The first-order valence-electron chi connectivity index (χ1n) is 6.47. The van der Waals surface area contributed by atoms with E-state index in [1.807, 2.05) is 4.90 Å². The molecular weight excluding hydrogens is 276 g/mol. The van der Waals surface area contributed by atoms with Crippen molar-refractivity contribution >= 4 is 15.7 Å². The van der Waals surface area contributed by atoms with Crippen LogP contribution in [0.3, 0.4) is 0 Å². The first-order chi connectivity index (χ1) is 9.46. The van der Waals surface area contributed by atoms with Gasteiger partial charge in [-0.25, -0.2) is 12.7 Å². The second-order valence-electron chi connectivity index (χ2n) is 5.04. The highest BCUT2D eigenvalue weighted by Gasteiger charge is 2.33. The third kappa shape index (κ3) is 2.76. The molecule has 1 fully saturated rings. The van der Waals surface area contributed by atoms with Gasteiger partial charge in [0.15, 0.2) is 0 Å². The molecule has 0 aromatic carbocycles. The maximum absolute atomic E-state index is 12.2. The predicted octanol–water partition coefficient (Wildman–Crippen LogP) is 0.813. The van der Waals surface area contributed by atoms with E-state index in [4.69, 9.17) is 5.26 Å². The molecule has 0 N–H and O–H groups in total. The fourth-order valence-electron chi connectivity index (χ4n) is 2.43. The Morgan fingerprint density at radius 2 is 2.25 bits per heavy atom. The van der Waals surface area contributed by atoms with E-state index in [-0.39, 0.29) is 0 Å². The fraction of sp³-hybridized carbons (Fsp3) is 0.538. The van der Waals surface area contributed by atoms with Crippen molar-refractivity contribution in [1.82, 2.24) is 9.29 Å². The van der Waals surface area contributed by atoms with Crippen LogP contribution in [0.4, 0.5) is 5.69 Å². The average Bonchev–Trinajstić information content (AvgIpc) is 2.47. The van der Waals surface area contributed by atoms with Gasteiger partial charge in [0.1, 0.15) is 6.07 Å². The lowest BCUT2D eigenvalue weighted by Gasteiger charge is -2.35. The highest BCUT2D eigenvalue weighted by Crippen LogP contribution is 2.26. The Morgan fingerprint density at radius 1 is 1.50 bits per heavy atom. The van der Waals surface area contributed by atoms with E-state index in [1.165, 1.54) is 4.31 Å². The molecule has 1 aromatic heterocycles. The third-order valence-corrected chi connectivity index (χ3v) is 5.81. The minimum absolute atomic E-state index is 0.404. The number of pyridine rings is 1. The molecule has 7 heteroatoms. The van der Waals surface area contributed by atoms with Crippen LogP contribution in [0.5, 0.6) is 0 Å².